The first-order valence-corrected chi connectivity index (χ1v) is 7.46. The smallest absolute Gasteiger partial charge is 0.244 e. The Morgan fingerprint density at radius 3 is 2.67 bits per heavy atom. The van der Waals surface area contributed by atoms with Gasteiger partial charge >= 0.3 is 0 Å². The number of carbonyl (C=O) groups excluding carboxylic acids is 3. The molecule has 0 saturated carbocycles. The molecule has 1 aliphatic rings. The van der Waals surface area contributed by atoms with Crippen molar-refractivity contribution in [3.63, 3.8) is 0 Å². The fourth-order valence-corrected chi connectivity index (χ4v) is 2.66. The number of unbranched alkanes of at least 4 members (excludes halogenated alkanes) is 1. The van der Waals surface area contributed by atoms with E-state index >= 15 is 0 Å². The van der Waals surface area contributed by atoms with Crippen LogP contribution in [0.25, 0.3) is 0 Å². The Morgan fingerprint density at radius 1 is 1.38 bits per heavy atom. The van der Waals surface area contributed by atoms with E-state index in [0.29, 0.717) is 19.5 Å². The van der Waals surface area contributed by atoms with Crippen LogP contribution in [0.2, 0.25) is 0 Å². The molecule has 1 fully saturated rings. The summed E-state index contributed by atoms with van der Waals surface area (Å²) in [6, 6.07) is -0.00931. The quantitative estimate of drug-likeness (QED) is 0.469. The highest BCUT2D eigenvalue weighted by molar-refractivity contribution is 5.85. The molecular weight excluding hydrogens is 274 g/mol. The maximum Gasteiger partial charge on any atom is 0.244 e. The molecule has 1 heterocycles. The summed E-state index contributed by atoms with van der Waals surface area (Å²) in [5, 5.41) is 11.4. The molecule has 1 aliphatic heterocycles. The van der Waals surface area contributed by atoms with Crippen molar-refractivity contribution in [2.45, 2.75) is 52.0 Å². The zero-order valence-corrected chi connectivity index (χ0v) is 12.7. The van der Waals surface area contributed by atoms with Crippen LogP contribution in [0.15, 0.2) is 0 Å². The fourth-order valence-electron chi connectivity index (χ4n) is 2.66. The molecule has 7 heteroatoms. The predicted octanol–water partition coefficient (Wildman–Crippen LogP) is 0.425. The first kappa shape index (κ1) is 17.4. The van der Waals surface area contributed by atoms with Gasteiger partial charge in [0.05, 0.1) is 0 Å². The van der Waals surface area contributed by atoms with E-state index in [0.717, 1.165) is 19.3 Å². The third-order valence-electron chi connectivity index (χ3n) is 3.72. The zero-order valence-electron chi connectivity index (χ0n) is 12.7. The molecule has 7 nitrogen and oxygen atoms in total. The molecule has 120 valence electrons. The number of hydrogen-bond acceptors (Lipinski definition) is 4. The summed E-state index contributed by atoms with van der Waals surface area (Å²) in [5.41, 5.74) is 1.59. The van der Waals surface area contributed by atoms with E-state index in [-0.39, 0.29) is 24.3 Å². The van der Waals surface area contributed by atoms with Gasteiger partial charge in [0.15, 0.2) is 0 Å². The highest BCUT2D eigenvalue weighted by Gasteiger charge is 2.31. The van der Waals surface area contributed by atoms with Crippen molar-refractivity contribution in [1.82, 2.24) is 15.7 Å². The first-order chi connectivity index (χ1) is 9.97. The van der Waals surface area contributed by atoms with E-state index in [1.54, 1.807) is 10.4 Å². The second kappa shape index (κ2) is 8.61. The van der Waals surface area contributed by atoms with Gasteiger partial charge in [-0.3, -0.25) is 19.6 Å². The second-order valence-corrected chi connectivity index (χ2v) is 5.55. The molecule has 1 rings (SSSR count). The van der Waals surface area contributed by atoms with Crippen LogP contribution in [-0.4, -0.2) is 47.0 Å². The molecule has 1 saturated heterocycles. The summed E-state index contributed by atoms with van der Waals surface area (Å²) in [4.78, 5) is 36.6. The number of carbonyl (C=O) groups is 3. The Bertz CT molecular complexity index is 386. The molecule has 21 heavy (non-hydrogen) atoms. The van der Waals surface area contributed by atoms with Crippen LogP contribution in [0.1, 0.15) is 46.0 Å². The predicted molar refractivity (Wildman–Crippen MR) is 76.4 cm³/mol. The highest BCUT2D eigenvalue weighted by atomic mass is 16.5. The van der Waals surface area contributed by atoms with Crippen LogP contribution in [0.5, 0.6) is 0 Å². The minimum absolute atomic E-state index is 0.00334. The van der Waals surface area contributed by atoms with Crippen molar-refractivity contribution < 1.29 is 19.6 Å². The van der Waals surface area contributed by atoms with Crippen molar-refractivity contribution in [3.05, 3.63) is 0 Å². The summed E-state index contributed by atoms with van der Waals surface area (Å²) < 4.78 is 0. The number of hydrogen-bond donors (Lipinski definition) is 3. The lowest BCUT2D eigenvalue weighted by Gasteiger charge is -2.23. The molecule has 0 spiro atoms. The van der Waals surface area contributed by atoms with E-state index in [4.69, 9.17) is 5.21 Å². The maximum atomic E-state index is 12.5. The van der Waals surface area contributed by atoms with E-state index in [2.05, 4.69) is 5.32 Å². The monoisotopic (exact) mass is 299 g/mol. The van der Waals surface area contributed by atoms with Crippen LogP contribution >= 0.6 is 0 Å². The molecule has 0 aliphatic carbocycles. The topological polar surface area (TPSA) is 98.7 Å². The maximum absolute atomic E-state index is 12.5. The molecule has 3 N–H and O–H groups in total. The van der Waals surface area contributed by atoms with E-state index in [9.17, 15) is 14.4 Å². The second-order valence-electron chi connectivity index (χ2n) is 5.55. The Labute approximate surface area is 125 Å². The number of rotatable bonds is 7. The lowest BCUT2D eigenvalue weighted by atomic mass is 9.96. The first-order valence-electron chi connectivity index (χ1n) is 7.46. The van der Waals surface area contributed by atoms with Gasteiger partial charge in [-0.2, -0.15) is 0 Å². The van der Waals surface area contributed by atoms with Gasteiger partial charge in [0.2, 0.25) is 17.7 Å². The van der Waals surface area contributed by atoms with Crippen LogP contribution < -0.4 is 10.8 Å². The van der Waals surface area contributed by atoms with Gasteiger partial charge in [-0.05, 0) is 12.8 Å². The lowest BCUT2D eigenvalue weighted by Crippen LogP contribution is -2.40. The molecular formula is C14H25N3O4. The van der Waals surface area contributed by atoms with E-state index in [1.807, 2.05) is 6.92 Å². The van der Waals surface area contributed by atoms with Crippen molar-refractivity contribution in [2.75, 3.05) is 13.1 Å². The average Bonchev–Trinajstić information content (AvgIpc) is 2.89. The molecule has 0 aromatic carbocycles. The fraction of sp³-hybridized carbons (Fsp3) is 0.786. The van der Waals surface area contributed by atoms with Gasteiger partial charge in [0, 0.05) is 38.4 Å². The van der Waals surface area contributed by atoms with Gasteiger partial charge < -0.3 is 10.2 Å². The van der Waals surface area contributed by atoms with Crippen molar-refractivity contribution in [3.8, 4) is 0 Å². The van der Waals surface area contributed by atoms with Gasteiger partial charge in [-0.1, -0.05) is 19.8 Å². The number of hydroxylamine groups is 1. The average molecular weight is 299 g/mol. The van der Waals surface area contributed by atoms with Gasteiger partial charge in [0.1, 0.15) is 0 Å². The van der Waals surface area contributed by atoms with Gasteiger partial charge in [-0.15, -0.1) is 0 Å². The summed E-state index contributed by atoms with van der Waals surface area (Å²) in [6.07, 6.45) is 3.16. The highest BCUT2D eigenvalue weighted by Crippen LogP contribution is 2.20. The number of nitrogens with zero attached hydrogens (tertiary/aromatic N) is 1. The Balaban J connectivity index is 2.58. The van der Waals surface area contributed by atoms with Crippen LogP contribution in [0.3, 0.4) is 0 Å². The Hall–Kier alpha value is -1.63. The molecule has 0 aromatic rings. The molecule has 0 bridgehead atoms. The normalized spacial score (nSPS) is 19.2. The summed E-state index contributed by atoms with van der Waals surface area (Å²) >= 11 is 0. The van der Waals surface area contributed by atoms with Gasteiger partial charge in [-0.25, -0.2) is 5.48 Å². The molecule has 2 unspecified atom stereocenters. The van der Waals surface area contributed by atoms with Crippen molar-refractivity contribution in [1.29, 1.82) is 0 Å². The van der Waals surface area contributed by atoms with Crippen LogP contribution in [-0.2, 0) is 14.4 Å². The summed E-state index contributed by atoms with van der Waals surface area (Å²) in [7, 11) is 0. The lowest BCUT2D eigenvalue weighted by molar-refractivity contribution is -0.140. The summed E-state index contributed by atoms with van der Waals surface area (Å²) in [6.45, 7) is 4.56. The van der Waals surface area contributed by atoms with Crippen molar-refractivity contribution >= 4 is 17.7 Å². The molecule has 3 amide bonds. The number of amides is 3. The number of likely N-dealkylation sites (tertiary alicyclic amines) is 1. The minimum Gasteiger partial charge on any atom is -0.352 e. The Kier molecular flexibility index (Phi) is 7.14. The summed E-state index contributed by atoms with van der Waals surface area (Å²) in [5.74, 6) is -1.12. The molecule has 2 atom stereocenters. The standard InChI is InChI=1S/C14H25N3O4/c1-3-4-5-11(8-13(19)16-21)14(20)17-7-6-12(9-17)15-10(2)18/h11-12,21H,3-9H2,1-2H3,(H,15,18)(H,16,19). The van der Waals surface area contributed by atoms with E-state index in [1.165, 1.54) is 6.92 Å². The largest absolute Gasteiger partial charge is 0.352 e. The minimum atomic E-state index is -0.540. The van der Waals surface area contributed by atoms with E-state index < -0.39 is 11.8 Å². The third-order valence-corrected chi connectivity index (χ3v) is 3.72. The zero-order chi connectivity index (χ0) is 15.8. The van der Waals surface area contributed by atoms with Crippen molar-refractivity contribution in [2.24, 2.45) is 5.92 Å². The third kappa shape index (κ3) is 5.71. The SMILES string of the molecule is CCCCC(CC(=O)NO)C(=O)N1CCC(NC(C)=O)C1. The molecule has 0 radical (unpaired) electrons. The molecule has 0 aromatic heterocycles. The number of nitrogens with one attached hydrogen (secondary N) is 2. The van der Waals surface area contributed by atoms with Gasteiger partial charge in [0.25, 0.3) is 0 Å². The Morgan fingerprint density at radius 2 is 2.10 bits per heavy atom. The van der Waals surface area contributed by atoms with Crippen LogP contribution in [0.4, 0.5) is 0 Å². The van der Waals surface area contributed by atoms with Crippen LogP contribution in [0, 0.1) is 5.92 Å².